The third kappa shape index (κ3) is 2.80. The number of nitrogens with zero attached hydrogens (tertiary/aromatic N) is 1. The van der Waals surface area contributed by atoms with Crippen LogP contribution in [0.25, 0.3) is 10.8 Å². The van der Waals surface area contributed by atoms with Crippen molar-refractivity contribution in [3.63, 3.8) is 0 Å². The standard InChI is InChI=1S/C35H41NO/c1-33-17-16-27-21-26-8-9-30(36-28-10-11-29(36)13-12-28)22-34(26)18-19-35(27,37-34)32(33)15-14-31(33)25-7-6-23-4-2-3-5-24(23)20-25/h2-7,16,20-21,28-32H,8-15,17-19,22H2,1H3/t28?,29?,30-,31+,32+,33+,34?,35+/m0/s1. The molecule has 37 heavy (non-hydrogen) atoms. The van der Waals surface area contributed by atoms with Gasteiger partial charge >= 0.3 is 0 Å². The van der Waals surface area contributed by atoms with Crippen LogP contribution in [0, 0.1) is 11.3 Å². The number of benzene rings is 2. The molecule has 5 fully saturated rings. The van der Waals surface area contributed by atoms with Crippen LogP contribution in [0.4, 0.5) is 0 Å². The number of rotatable bonds is 2. The molecule has 0 radical (unpaired) electrons. The fourth-order valence-corrected chi connectivity index (χ4v) is 11.2. The van der Waals surface area contributed by atoms with Gasteiger partial charge in [0.05, 0.1) is 11.2 Å². The summed E-state index contributed by atoms with van der Waals surface area (Å²) in [6, 6.07) is 18.7. The molecule has 2 saturated carbocycles. The molecular formula is C35H41NO. The largest absolute Gasteiger partial charge is 0.359 e. The van der Waals surface area contributed by atoms with Gasteiger partial charge in [-0.05, 0) is 122 Å². The van der Waals surface area contributed by atoms with E-state index < -0.39 is 0 Å². The number of allylic oxidation sites excluding steroid dienone is 1. The van der Waals surface area contributed by atoms with E-state index in [1.807, 2.05) is 0 Å². The maximum absolute atomic E-state index is 7.63. The molecule has 4 bridgehead atoms. The summed E-state index contributed by atoms with van der Waals surface area (Å²) in [6.45, 7) is 2.62. The molecule has 1 unspecified atom stereocenters. The van der Waals surface area contributed by atoms with Crippen molar-refractivity contribution >= 4 is 10.8 Å². The monoisotopic (exact) mass is 491 g/mol. The Kier molecular flexibility index (Phi) is 4.39. The third-order valence-corrected chi connectivity index (χ3v) is 12.8. The van der Waals surface area contributed by atoms with Crippen molar-refractivity contribution in [3.05, 3.63) is 71.3 Å². The summed E-state index contributed by atoms with van der Waals surface area (Å²) >= 11 is 0. The zero-order chi connectivity index (χ0) is 24.4. The van der Waals surface area contributed by atoms with E-state index >= 15 is 0 Å². The molecule has 4 heterocycles. The summed E-state index contributed by atoms with van der Waals surface area (Å²) in [5.41, 5.74) is 5.05. The SMILES string of the molecule is C[C@]12CC=C3C=C4CC[C@H](N5C6CCC5CC6)CC45CC[C@]3(O5)[C@@H]1CC[C@@H]2c1ccc2ccccc2c1. The summed E-state index contributed by atoms with van der Waals surface area (Å²) in [4.78, 5) is 2.99. The topological polar surface area (TPSA) is 12.5 Å². The number of hydrogen-bond acceptors (Lipinski definition) is 2. The first-order chi connectivity index (χ1) is 18.1. The number of hydrogen-bond donors (Lipinski definition) is 0. The highest BCUT2D eigenvalue weighted by molar-refractivity contribution is 5.83. The minimum Gasteiger partial charge on any atom is -0.359 e. The van der Waals surface area contributed by atoms with Crippen LogP contribution >= 0.6 is 0 Å². The van der Waals surface area contributed by atoms with Gasteiger partial charge in [0.2, 0.25) is 0 Å². The normalized spacial score (nSPS) is 45.9. The lowest BCUT2D eigenvalue weighted by atomic mass is 9.58. The van der Waals surface area contributed by atoms with Gasteiger partial charge < -0.3 is 4.74 Å². The molecule has 2 aromatic carbocycles. The van der Waals surface area contributed by atoms with E-state index in [4.69, 9.17) is 4.74 Å². The molecule has 6 atom stereocenters. The maximum atomic E-state index is 7.63. The first-order valence-electron chi connectivity index (χ1n) is 15.5. The minimum absolute atomic E-state index is 0.0293. The highest BCUT2D eigenvalue weighted by atomic mass is 16.5. The summed E-state index contributed by atoms with van der Waals surface area (Å²) < 4.78 is 7.63. The van der Waals surface area contributed by atoms with Crippen molar-refractivity contribution in [2.75, 3.05) is 0 Å². The van der Waals surface area contributed by atoms with E-state index in [1.165, 1.54) is 87.8 Å². The van der Waals surface area contributed by atoms with Gasteiger partial charge in [0.1, 0.15) is 0 Å². The Hall–Kier alpha value is -1.90. The van der Waals surface area contributed by atoms with Gasteiger partial charge in [-0.25, -0.2) is 0 Å². The van der Waals surface area contributed by atoms with Crippen LogP contribution in [-0.2, 0) is 4.74 Å². The molecule has 192 valence electrons. The Labute approximate surface area is 222 Å². The summed E-state index contributed by atoms with van der Waals surface area (Å²) in [6.07, 6.45) is 21.3. The van der Waals surface area contributed by atoms with Crippen LogP contribution in [0.3, 0.4) is 0 Å². The molecular weight excluding hydrogens is 450 g/mol. The molecule has 0 amide bonds. The molecule has 2 nitrogen and oxygen atoms in total. The van der Waals surface area contributed by atoms with E-state index in [9.17, 15) is 0 Å². The average molecular weight is 492 g/mol. The van der Waals surface area contributed by atoms with Crippen LogP contribution in [0.15, 0.2) is 65.8 Å². The van der Waals surface area contributed by atoms with Crippen LogP contribution in [0.1, 0.15) is 95.5 Å². The van der Waals surface area contributed by atoms with E-state index in [1.54, 1.807) is 16.7 Å². The Balaban J connectivity index is 1.06. The number of fused-ring (bicyclic) bond motifs is 4. The van der Waals surface area contributed by atoms with E-state index in [-0.39, 0.29) is 16.6 Å². The molecule has 9 rings (SSSR count). The average Bonchev–Trinajstić information content (AvgIpc) is 3.68. The Bertz CT molecular complexity index is 1340. The molecule has 0 aromatic heterocycles. The fourth-order valence-electron chi connectivity index (χ4n) is 11.2. The zero-order valence-electron chi connectivity index (χ0n) is 22.4. The summed E-state index contributed by atoms with van der Waals surface area (Å²) in [5, 5.41) is 2.75. The highest BCUT2D eigenvalue weighted by Crippen LogP contribution is 2.69. The second kappa shape index (κ2) is 7.39. The van der Waals surface area contributed by atoms with Crippen molar-refractivity contribution in [2.24, 2.45) is 11.3 Å². The molecule has 2 heteroatoms. The second-order valence-corrected chi connectivity index (χ2v) is 14.1. The summed E-state index contributed by atoms with van der Waals surface area (Å²) in [5.74, 6) is 1.26. The van der Waals surface area contributed by atoms with Gasteiger partial charge in [-0.15, -0.1) is 0 Å². The van der Waals surface area contributed by atoms with Crippen LogP contribution in [0.2, 0.25) is 0 Å². The second-order valence-electron chi connectivity index (χ2n) is 14.1. The predicted octanol–water partition coefficient (Wildman–Crippen LogP) is 8.08. The Morgan fingerprint density at radius 3 is 2.49 bits per heavy atom. The van der Waals surface area contributed by atoms with Crippen LogP contribution in [-0.4, -0.2) is 34.2 Å². The molecule has 3 saturated heterocycles. The molecule has 3 aliphatic carbocycles. The minimum atomic E-state index is -0.0338. The van der Waals surface area contributed by atoms with Crippen molar-refractivity contribution in [1.82, 2.24) is 4.90 Å². The predicted molar refractivity (Wildman–Crippen MR) is 150 cm³/mol. The van der Waals surface area contributed by atoms with Crippen molar-refractivity contribution in [3.8, 4) is 0 Å². The van der Waals surface area contributed by atoms with Crippen LogP contribution in [0.5, 0.6) is 0 Å². The molecule has 2 aromatic rings. The van der Waals surface area contributed by atoms with Crippen molar-refractivity contribution < 1.29 is 4.74 Å². The van der Waals surface area contributed by atoms with Crippen LogP contribution < -0.4 is 0 Å². The van der Waals surface area contributed by atoms with Crippen molar-refractivity contribution in [1.29, 1.82) is 0 Å². The third-order valence-electron chi connectivity index (χ3n) is 12.8. The lowest BCUT2D eigenvalue weighted by molar-refractivity contribution is -0.141. The fraction of sp³-hybridized carbons (Fsp3) is 0.600. The van der Waals surface area contributed by atoms with Gasteiger partial charge in [0.15, 0.2) is 0 Å². The van der Waals surface area contributed by atoms with Gasteiger partial charge in [-0.1, -0.05) is 61.5 Å². The smallest absolute Gasteiger partial charge is 0.0974 e. The lowest BCUT2D eigenvalue weighted by Gasteiger charge is -2.55. The van der Waals surface area contributed by atoms with Gasteiger partial charge in [0.25, 0.3) is 0 Å². The maximum Gasteiger partial charge on any atom is 0.0974 e. The van der Waals surface area contributed by atoms with E-state index in [2.05, 4.69) is 66.4 Å². The number of ether oxygens (including phenoxy) is 1. The first kappa shape index (κ1) is 22.0. The molecule has 0 N–H and O–H groups in total. The lowest BCUT2D eigenvalue weighted by Crippen LogP contribution is -2.55. The molecule has 2 spiro atoms. The van der Waals surface area contributed by atoms with E-state index in [0.29, 0.717) is 11.8 Å². The van der Waals surface area contributed by atoms with Gasteiger partial charge in [-0.3, -0.25) is 4.90 Å². The van der Waals surface area contributed by atoms with Gasteiger partial charge in [-0.2, -0.15) is 0 Å². The molecule has 4 aliphatic heterocycles. The van der Waals surface area contributed by atoms with Crippen molar-refractivity contribution in [2.45, 2.75) is 119 Å². The quantitative estimate of drug-likeness (QED) is 0.421. The molecule has 7 aliphatic rings. The Morgan fingerprint density at radius 1 is 0.838 bits per heavy atom. The van der Waals surface area contributed by atoms with E-state index in [0.717, 1.165) is 18.1 Å². The zero-order valence-corrected chi connectivity index (χ0v) is 22.4. The Morgan fingerprint density at radius 2 is 1.65 bits per heavy atom. The summed E-state index contributed by atoms with van der Waals surface area (Å²) in [7, 11) is 0. The highest BCUT2D eigenvalue weighted by Gasteiger charge is 2.67. The first-order valence-corrected chi connectivity index (χ1v) is 15.5. The van der Waals surface area contributed by atoms with Gasteiger partial charge in [0, 0.05) is 18.1 Å².